The van der Waals surface area contributed by atoms with Gasteiger partial charge < -0.3 is 10.6 Å². The van der Waals surface area contributed by atoms with Crippen LogP contribution in [0.5, 0.6) is 0 Å². The predicted octanol–water partition coefficient (Wildman–Crippen LogP) is 4.01. The molecule has 0 bridgehead atoms. The summed E-state index contributed by atoms with van der Waals surface area (Å²) in [6, 6.07) is 9.46. The van der Waals surface area contributed by atoms with Crippen molar-refractivity contribution >= 4 is 23.5 Å². The molecule has 134 valence electrons. The van der Waals surface area contributed by atoms with E-state index in [1.807, 2.05) is 31.2 Å². The van der Waals surface area contributed by atoms with E-state index in [0.717, 1.165) is 42.0 Å². The Morgan fingerprint density at radius 3 is 2.76 bits per heavy atom. The zero-order valence-corrected chi connectivity index (χ0v) is 15.6. The molecule has 6 heteroatoms. The van der Waals surface area contributed by atoms with Crippen LogP contribution in [0.15, 0.2) is 30.3 Å². The average molecular weight is 361 g/mol. The Morgan fingerprint density at radius 1 is 1.16 bits per heavy atom. The average Bonchev–Trinajstić information content (AvgIpc) is 2.58. The number of anilines is 1. The maximum Gasteiger partial charge on any atom is 0.270 e. The van der Waals surface area contributed by atoms with Crippen molar-refractivity contribution in [3.8, 4) is 0 Å². The summed E-state index contributed by atoms with van der Waals surface area (Å²) in [5, 5.41) is 6.81. The molecule has 0 saturated heterocycles. The van der Waals surface area contributed by atoms with Crippen molar-refractivity contribution in [2.45, 2.75) is 39.5 Å². The number of hydrogen-bond donors (Lipinski definition) is 2. The van der Waals surface area contributed by atoms with Gasteiger partial charge in [0, 0.05) is 23.8 Å². The normalized spacial score (nSPS) is 10.5. The minimum Gasteiger partial charge on any atom is -0.354 e. The lowest BCUT2D eigenvalue weighted by Gasteiger charge is -2.09. The summed E-state index contributed by atoms with van der Waals surface area (Å²) in [4.78, 5) is 20.9. The van der Waals surface area contributed by atoms with E-state index in [1.54, 1.807) is 6.07 Å². The summed E-state index contributed by atoms with van der Waals surface area (Å²) in [5.74, 6) is 0.320. The number of unbranched alkanes of at least 4 members (excludes halogenated alkanes) is 2. The Labute approximate surface area is 154 Å². The molecule has 1 heterocycles. The van der Waals surface area contributed by atoms with Gasteiger partial charge >= 0.3 is 0 Å². The quantitative estimate of drug-likeness (QED) is 0.663. The van der Waals surface area contributed by atoms with Crippen LogP contribution in [0.25, 0.3) is 0 Å². The molecule has 1 amide bonds. The van der Waals surface area contributed by atoms with Crippen molar-refractivity contribution in [1.29, 1.82) is 0 Å². The molecular formula is C19H25ClN4O. The molecule has 0 aliphatic rings. The Hall–Kier alpha value is -2.14. The smallest absolute Gasteiger partial charge is 0.270 e. The zero-order chi connectivity index (χ0) is 18.1. The number of benzene rings is 1. The number of amides is 1. The van der Waals surface area contributed by atoms with Crippen LogP contribution in [0.1, 0.15) is 47.9 Å². The molecule has 25 heavy (non-hydrogen) atoms. The summed E-state index contributed by atoms with van der Waals surface area (Å²) in [5.41, 5.74) is 2.30. The number of aromatic nitrogens is 2. The maximum absolute atomic E-state index is 12.2. The zero-order valence-electron chi connectivity index (χ0n) is 14.8. The van der Waals surface area contributed by atoms with E-state index >= 15 is 0 Å². The van der Waals surface area contributed by atoms with E-state index in [-0.39, 0.29) is 5.91 Å². The highest BCUT2D eigenvalue weighted by Crippen LogP contribution is 2.11. The van der Waals surface area contributed by atoms with Gasteiger partial charge in [0.25, 0.3) is 5.91 Å². The Bertz CT molecular complexity index is 706. The van der Waals surface area contributed by atoms with Crippen molar-refractivity contribution in [3.63, 3.8) is 0 Å². The van der Waals surface area contributed by atoms with E-state index < -0.39 is 0 Å². The minimum absolute atomic E-state index is 0.153. The fraction of sp³-hybridized carbons (Fsp3) is 0.421. The first-order valence-electron chi connectivity index (χ1n) is 8.70. The van der Waals surface area contributed by atoms with E-state index in [0.29, 0.717) is 24.7 Å². The molecule has 0 atom stereocenters. The lowest BCUT2D eigenvalue weighted by molar-refractivity contribution is 0.0948. The lowest BCUT2D eigenvalue weighted by Crippen LogP contribution is -2.26. The van der Waals surface area contributed by atoms with E-state index in [4.69, 9.17) is 11.6 Å². The molecule has 1 aromatic carbocycles. The van der Waals surface area contributed by atoms with Gasteiger partial charge in [0.2, 0.25) is 5.95 Å². The Balaban J connectivity index is 1.90. The SMILES string of the molecule is CCCCCNC(=O)c1cc(C)nc(NCCc2cccc(Cl)c2)n1. The van der Waals surface area contributed by atoms with Gasteiger partial charge in [-0.2, -0.15) is 0 Å². The number of carbonyl (C=O) groups is 1. The molecular weight excluding hydrogens is 336 g/mol. The van der Waals surface area contributed by atoms with Crippen LogP contribution in [-0.2, 0) is 6.42 Å². The number of carbonyl (C=O) groups excluding carboxylic acids is 1. The van der Waals surface area contributed by atoms with Gasteiger partial charge in [-0.15, -0.1) is 0 Å². The number of nitrogens with zero attached hydrogens (tertiary/aromatic N) is 2. The second-order valence-corrected chi connectivity index (χ2v) is 6.42. The van der Waals surface area contributed by atoms with E-state index in [2.05, 4.69) is 27.5 Å². The fourth-order valence-electron chi connectivity index (χ4n) is 2.44. The van der Waals surface area contributed by atoms with Crippen LogP contribution in [-0.4, -0.2) is 29.0 Å². The molecule has 1 aromatic heterocycles. The molecule has 0 unspecified atom stereocenters. The monoisotopic (exact) mass is 360 g/mol. The fourth-order valence-corrected chi connectivity index (χ4v) is 2.66. The van der Waals surface area contributed by atoms with Gasteiger partial charge in [-0.25, -0.2) is 9.97 Å². The molecule has 0 saturated carbocycles. The number of nitrogens with one attached hydrogen (secondary N) is 2. The highest BCUT2D eigenvalue weighted by atomic mass is 35.5. The van der Waals surface area contributed by atoms with Crippen molar-refractivity contribution in [2.75, 3.05) is 18.4 Å². The van der Waals surface area contributed by atoms with Crippen LogP contribution in [0.4, 0.5) is 5.95 Å². The second-order valence-electron chi connectivity index (χ2n) is 5.99. The van der Waals surface area contributed by atoms with Gasteiger partial charge in [0.1, 0.15) is 5.69 Å². The van der Waals surface area contributed by atoms with Crippen molar-refractivity contribution in [1.82, 2.24) is 15.3 Å². The van der Waals surface area contributed by atoms with Crippen molar-refractivity contribution in [2.24, 2.45) is 0 Å². The molecule has 0 aliphatic heterocycles. The molecule has 0 spiro atoms. The van der Waals surface area contributed by atoms with Crippen LogP contribution < -0.4 is 10.6 Å². The van der Waals surface area contributed by atoms with Gasteiger partial charge in [-0.05, 0) is 43.5 Å². The Morgan fingerprint density at radius 2 is 2.00 bits per heavy atom. The highest BCUT2D eigenvalue weighted by Gasteiger charge is 2.10. The van der Waals surface area contributed by atoms with Gasteiger partial charge in [0.15, 0.2) is 0 Å². The Kier molecular flexibility index (Phi) is 7.67. The summed E-state index contributed by atoms with van der Waals surface area (Å²) < 4.78 is 0. The maximum atomic E-state index is 12.2. The largest absolute Gasteiger partial charge is 0.354 e. The van der Waals surface area contributed by atoms with Crippen LogP contribution in [0.2, 0.25) is 5.02 Å². The molecule has 2 rings (SSSR count). The highest BCUT2D eigenvalue weighted by molar-refractivity contribution is 6.30. The number of halogens is 1. The first kappa shape index (κ1) is 19.2. The third-order valence-electron chi connectivity index (χ3n) is 3.74. The third kappa shape index (κ3) is 6.70. The van der Waals surface area contributed by atoms with Gasteiger partial charge in [-0.1, -0.05) is 43.5 Å². The third-order valence-corrected chi connectivity index (χ3v) is 3.97. The molecule has 0 aliphatic carbocycles. The summed E-state index contributed by atoms with van der Waals surface area (Å²) in [6.07, 6.45) is 4.02. The molecule has 5 nitrogen and oxygen atoms in total. The van der Waals surface area contributed by atoms with Crippen LogP contribution >= 0.6 is 11.6 Å². The molecule has 0 radical (unpaired) electrons. The topological polar surface area (TPSA) is 66.9 Å². The molecule has 2 N–H and O–H groups in total. The minimum atomic E-state index is -0.153. The summed E-state index contributed by atoms with van der Waals surface area (Å²) >= 11 is 5.99. The van der Waals surface area contributed by atoms with Gasteiger partial charge in [0.05, 0.1) is 0 Å². The molecule has 0 fully saturated rings. The van der Waals surface area contributed by atoms with Gasteiger partial charge in [-0.3, -0.25) is 4.79 Å². The van der Waals surface area contributed by atoms with Crippen LogP contribution in [0, 0.1) is 6.92 Å². The van der Waals surface area contributed by atoms with Crippen LogP contribution in [0.3, 0.4) is 0 Å². The number of rotatable bonds is 9. The summed E-state index contributed by atoms with van der Waals surface area (Å²) in [7, 11) is 0. The predicted molar refractivity (Wildman–Crippen MR) is 102 cm³/mol. The van der Waals surface area contributed by atoms with E-state index in [9.17, 15) is 4.79 Å². The van der Waals surface area contributed by atoms with E-state index in [1.165, 1.54) is 0 Å². The van der Waals surface area contributed by atoms with Crippen molar-refractivity contribution < 1.29 is 4.79 Å². The second kappa shape index (κ2) is 9.99. The van der Waals surface area contributed by atoms with Crippen molar-refractivity contribution in [3.05, 3.63) is 52.3 Å². The number of hydrogen-bond acceptors (Lipinski definition) is 4. The number of aryl methyl sites for hydroxylation is 1. The lowest BCUT2D eigenvalue weighted by atomic mass is 10.1. The first-order valence-corrected chi connectivity index (χ1v) is 9.08. The molecule has 2 aromatic rings. The standard InChI is InChI=1S/C19H25ClN4O/c1-3-4-5-10-21-18(25)17-12-14(2)23-19(24-17)22-11-9-15-7-6-8-16(20)13-15/h6-8,12-13H,3-5,9-11H2,1-2H3,(H,21,25)(H,22,23,24). The summed E-state index contributed by atoms with van der Waals surface area (Å²) in [6.45, 7) is 5.34. The first-order chi connectivity index (χ1) is 12.1.